The first-order valence-electron chi connectivity index (χ1n) is 5.68. The Morgan fingerprint density at radius 1 is 1.50 bits per heavy atom. The van der Waals surface area contributed by atoms with Crippen LogP contribution in [-0.4, -0.2) is 46.9 Å². The Balaban J connectivity index is 2.53. The van der Waals surface area contributed by atoms with Crippen molar-refractivity contribution in [2.45, 2.75) is 51.3 Å². The summed E-state index contributed by atoms with van der Waals surface area (Å²) in [4.78, 5) is 12.6. The molecule has 0 unspecified atom stereocenters. The maximum absolute atomic E-state index is 11.1. The number of carboxylic acid groups (broad SMARTS) is 1. The second kappa shape index (κ2) is 5.01. The van der Waals surface area contributed by atoms with E-state index in [1.807, 2.05) is 20.8 Å². The number of ether oxygens (including phenoxy) is 1. The fourth-order valence-corrected chi connectivity index (χ4v) is 1.81. The number of amides is 1. The molecule has 1 rings (SSSR count). The van der Waals surface area contributed by atoms with Crippen LogP contribution in [0.1, 0.15) is 33.6 Å². The van der Waals surface area contributed by atoms with Crippen LogP contribution in [0, 0.1) is 0 Å². The molecule has 0 aromatic carbocycles. The minimum atomic E-state index is -0.897. The Kier molecular flexibility index (Phi) is 4.15. The zero-order valence-electron chi connectivity index (χ0n) is 10.3. The molecule has 2 atom stereocenters. The lowest BCUT2D eigenvalue weighted by Crippen LogP contribution is -2.50. The van der Waals surface area contributed by atoms with Crippen LogP contribution in [0.4, 0.5) is 4.79 Å². The smallest absolute Gasteiger partial charge is 0.407 e. The van der Waals surface area contributed by atoms with Crippen molar-refractivity contribution in [1.29, 1.82) is 0 Å². The molecule has 1 aliphatic rings. The Bertz CT molecular complexity index is 242. The Labute approximate surface area is 96.6 Å². The minimum absolute atomic E-state index is 0.0184. The van der Waals surface area contributed by atoms with Crippen molar-refractivity contribution in [1.82, 2.24) is 4.90 Å². The lowest BCUT2D eigenvalue weighted by molar-refractivity contribution is -0.0252. The summed E-state index contributed by atoms with van der Waals surface area (Å²) in [6, 6.07) is 0.101. The van der Waals surface area contributed by atoms with Crippen LogP contribution in [0.2, 0.25) is 0 Å². The van der Waals surface area contributed by atoms with Crippen molar-refractivity contribution in [3.8, 4) is 0 Å². The Hall–Kier alpha value is -0.810. The zero-order valence-corrected chi connectivity index (χ0v) is 10.3. The van der Waals surface area contributed by atoms with E-state index in [2.05, 4.69) is 0 Å². The number of hydrogen-bond donors (Lipinski definition) is 2. The highest BCUT2D eigenvalue weighted by atomic mass is 16.5. The Morgan fingerprint density at radius 3 is 2.50 bits per heavy atom. The molecule has 1 heterocycles. The molecule has 0 bridgehead atoms. The van der Waals surface area contributed by atoms with Gasteiger partial charge in [0, 0.05) is 11.6 Å². The van der Waals surface area contributed by atoms with E-state index in [0.29, 0.717) is 13.2 Å². The summed E-state index contributed by atoms with van der Waals surface area (Å²) in [5.74, 6) is 0. The molecule has 1 saturated heterocycles. The summed E-state index contributed by atoms with van der Waals surface area (Å²) in [7, 11) is 0. The lowest BCUT2D eigenvalue weighted by Gasteiger charge is -2.37. The SMILES string of the molecule is CC(C)(C)N(C[C@@H]1CC[C@@H](N)CO1)C(=O)O. The van der Waals surface area contributed by atoms with Crippen LogP contribution in [-0.2, 0) is 4.74 Å². The average molecular weight is 230 g/mol. The van der Waals surface area contributed by atoms with E-state index in [9.17, 15) is 4.79 Å². The highest BCUT2D eigenvalue weighted by Gasteiger charge is 2.30. The third-order valence-corrected chi connectivity index (χ3v) is 2.83. The number of nitrogens with zero attached hydrogens (tertiary/aromatic N) is 1. The van der Waals surface area contributed by atoms with Gasteiger partial charge in [-0.15, -0.1) is 0 Å². The number of nitrogens with two attached hydrogens (primary N) is 1. The predicted octanol–water partition coefficient (Wildman–Crippen LogP) is 1.27. The van der Waals surface area contributed by atoms with Gasteiger partial charge in [0.15, 0.2) is 0 Å². The fraction of sp³-hybridized carbons (Fsp3) is 0.909. The van der Waals surface area contributed by atoms with Gasteiger partial charge in [0.2, 0.25) is 0 Å². The predicted molar refractivity (Wildman–Crippen MR) is 61.4 cm³/mol. The number of hydrogen-bond acceptors (Lipinski definition) is 3. The number of carbonyl (C=O) groups is 1. The van der Waals surface area contributed by atoms with Crippen molar-refractivity contribution in [2.24, 2.45) is 5.73 Å². The molecule has 5 heteroatoms. The van der Waals surface area contributed by atoms with E-state index in [1.54, 1.807) is 0 Å². The van der Waals surface area contributed by atoms with E-state index >= 15 is 0 Å². The first kappa shape index (κ1) is 13.3. The third kappa shape index (κ3) is 3.64. The summed E-state index contributed by atoms with van der Waals surface area (Å²) >= 11 is 0. The van der Waals surface area contributed by atoms with Crippen molar-refractivity contribution < 1.29 is 14.6 Å². The molecule has 16 heavy (non-hydrogen) atoms. The van der Waals surface area contributed by atoms with Gasteiger partial charge in [-0.3, -0.25) is 0 Å². The Morgan fingerprint density at radius 2 is 2.12 bits per heavy atom. The zero-order chi connectivity index (χ0) is 12.3. The first-order valence-corrected chi connectivity index (χ1v) is 5.68. The van der Waals surface area contributed by atoms with Crippen LogP contribution in [0.25, 0.3) is 0 Å². The molecule has 5 nitrogen and oxygen atoms in total. The summed E-state index contributed by atoms with van der Waals surface area (Å²) in [5, 5.41) is 9.14. The van der Waals surface area contributed by atoms with Crippen molar-refractivity contribution in [3.05, 3.63) is 0 Å². The van der Waals surface area contributed by atoms with Crippen LogP contribution in [0.5, 0.6) is 0 Å². The van der Waals surface area contributed by atoms with Gasteiger partial charge < -0.3 is 20.5 Å². The minimum Gasteiger partial charge on any atom is -0.465 e. The molecule has 3 N–H and O–H groups in total. The molecule has 94 valence electrons. The normalized spacial score (nSPS) is 26.5. The number of rotatable bonds is 2. The third-order valence-electron chi connectivity index (χ3n) is 2.83. The quantitative estimate of drug-likeness (QED) is 0.749. The van der Waals surface area contributed by atoms with Gasteiger partial charge in [0.25, 0.3) is 0 Å². The van der Waals surface area contributed by atoms with E-state index in [4.69, 9.17) is 15.6 Å². The molecule has 0 aromatic rings. The first-order chi connectivity index (χ1) is 7.30. The van der Waals surface area contributed by atoms with Gasteiger partial charge in [-0.25, -0.2) is 4.79 Å². The van der Waals surface area contributed by atoms with Crippen LogP contribution in [0.3, 0.4) is 0 Å². The molecule has 1 aliphatic heterocycles. The van der Waals surface area contributed by atoms with E-state index < -0.39 is 11.6 Å². The molecule has 1 amide bonds. The summed E-state index contributed by atoms with van der Waals surface area (Å²) in [6.45, 7) is 6.61. The summed E-state index contributed by atoms with van der Waals surface area (Å²) in [6.07, 6.45) is 0.824. The van der Waals surface area contributed by atoms with E-state index in [0.717, 1.165) is 12.8 Å². The maximum atomic E-state index is 11.1. The molecule has 0 aromatic heterocycles. The lowest BCUT2D eigenvalue weighted by atomic mass is 10.0. The monoisotopic (exact) mass is 230 g/mol. The van der Waals surface area contributed by atoms with E-state index in [1.165, 1.54) is 4.90 Å². The molecular formula is C11H22N2O3. The highest BCUT2D eigenvalue weighted by Crippen LogP contribution is 2.19. The van der Waals surface area contributed by atoms with Crippen molar-refractivity contribution in [3.63, 3.8) is 0 Å². The fourth-order valence-electron chi connectivity index (χ4n) is 1.81. The molecule has 1 fully saturated rings. The van der Waals surface area contributed by atoms with Gasteiger partial charge in [-0.1, -0.05) is 0 Å². The molecule has 0 spiro atoms. The molecular weight excluding hydrogens is 208 g/mol. The van der Waals surface area contributed by atoms with Gasteiger partial charge in [0.1, 0.15) is 0 Å². The average Bonchev–Trinajstić information content (AvgIpc) is 2.14. The van der Waals surface area contributed by atoms with Crippen molar-refractivity contribution >= 4 is 6.09 Å². The van der Waals surface area contributed by atoms with E-state index in [-0.39, 0.29) is 12.1 Å². The molecule has 0 aliphatic carbocycles. The second-order valence-electron chi connectivity index (χ2n) is 5.36. The van der Waals surface area contributed by atoms with Crippen LogP contribution >= 0.6 is 0 Å². The van der Waals surface area contributed by atoms with Gasteiger partial charge in [-0.05, 0) is 33.6 Å². The summed E-state index contributed by atoms with van der Waals surface area (Å²) < 4.78 is 5.54. The standard InChI is InChI=1S/C11H22N2O3/c1-11(2,3)13(10(14)15)6-9-5-4-8(12)7-16-9/h8-9H,4-7,12H2,1-3H3,(H,14,15)/t8-,9+/m1/s1. The second-order valence-corrected chi connectivity index (χ2v) is 5.36. The molecule has 0 radical (unpaired) electrons. The summed E-state index contributed by atoms with van der Waals surface area (Å²) in [5.41, 5.74) is 5.32. The maximum Gasteiger partial charge on any atom is 0.407 e. The van der Waals surface area contributed by atoms with Crippen LogP contribution < -0.4 is 5.73 Å². The van der Waals surface area contributed by atoms with Crippen LogP contribution in [0.15, 0.2) is 0 Å². The highest BCUT2D eigenvalue weighted by molar-refractivity contribution is 5.66. The topological polar surface area (TPSA) is 75.8 Å². The van der Waals surface area contributed by atoms with Gasteiger partial charge in [-0.2, -0.15) is 0 Å². The van der Waals surface area contributed by atoms with Crippen molar-refractivity contribution in [2.75, 3.05) is 13.2 Å². The van der Waals surface area contributed by atoms with Gasteiger partial charge >= 0.3 is 6.09 Å². The van der Waals surface area contributed by atoms with Gasteiger partial charge in [0.05, 0.1) is 19.3 Å². The largest absolute Gasteiger partial charge is 0.465 e. The molecule has 0 saturated carbocycles.